The maximum absolute atomic E-state index is 6.71. The van der Waals surface area contributed by atoms with Crippen LogP contribution in [0.4, 0.5) is 0 Å². The molecule has 3 aliphatic heterocycles. The van der Waals surface area contributed by atoms with E-state index in [0.29, 0.717) is 29.1 Å². The molecule has 1 fully saturated rings. The van der Waals surface area contributed by atoms with Gasteiger partial charge in [0.15, 0.2) is 29.1 Å². The summed E-state index contributed by atoms with van der Waals surface area (Å²) in [5, 5.41) is 5.13. The molecule has 14 heteroatoms. The van der Waals surface area contributed by atoms with Gasteiger partial charge in [-0.25, -0.2) is 19.9 Å². The van der Waals surface area contributed by atoms with Crippen LogP contribution in [-0.2, 0) is 20.1 Å². The van der Waals surface area contributed by atoms with Crippen LogP contribution in [0.25, 0.3) is 134 Å². The van der Waals surface area contributed by atoms with Crippen molar-refractivity contribution in [3.05, 3.63) is 438 Å². The minimum atomic E-state index is -0.589. The van der Waals surface area contributed by atoms with Crippen molar-refractivity contribution in [3.63, 3.8) is 0 Å². The molecule has 12 nitrogen and oxygen atoms in total. The summed E-state index contributed by atoms with van der Waals surface area (Å²) in [6, 6.07) is 136. The summed E-state index contributed by atoms with van der Waals surface area (Å²) in [6.07, 6.45) is 0. The van der Waals surface area contributed by atoms with Crippen molar-refractivity contribution in [2.45, 2.75) is 49.7 Å². The van der Waals surface area contributed by atoms with E-state index < -0.39 is 29.2 Å². The zero-order valence-corrected chi connectivity index (χ0v) is 68.9. The van der Waals surface area contributed by atoms with Gasteiger partial charge in [0, 0.05) is 83.0 Å². The zero-order valence-electron chi connectivity index (χ0n) is 68.1. The molecule has 0 radical (unpaired) electrons. The highest BCUT2D eigenvalue weighted by Crippen LogP contribution is 2.64. The van der Waals surface area contributed by atoms with Gasteiger partial charge in [-0.05, 0) is 198 Å². The second-order valence-corrected chi connectivity index (χ2v) is 33.4. The number of benzene rings is 16. The molecule has 0 atom stereocenters. The Morgan fingerprint density at radius 1 is 0.250 bits per heavy atom. The van der Waals surface area contributed by atoms with Crippen LogP contribution < -0.4 is 14.9 Å². The summed E-state index contributed by atoms with van der Waals surface area (Å²) in [7, 11) is -0.439. The molecule has 0 unspecified atom stereocenters. The molecule has 20 aromatic rings. The van der Waals surface area contributed by atoms with E-state index in [4.69, 9.17) is 45.3 Å². The smallest absolute Gasteiger partial charge is 0.457 e. The maximum Gasteiger partial charge on any atom is 0.494 e. The number of rotatable bonds is 8. The average Bonchev–Trinajstić information content (AvgIpc) is 1.50. The van der Waals surface area contributed by atoms with Crippen LogP contribution >= 0.6 is 11.6 Å². The van der Waals surface area contributed by atoms with Crippen LogP contribution in [-0.4, -0.2) is 57.4 Å². The molecule has 0 N–H and O–H groups in total. The highest BCUT2D eigenvalue weighted by atomic mass is 35.5. The Bertz CT molecular complexity index is 7470. The molecule has 7 heterocycles. The van der Waals surface area contributed by atoms with Crippen LogP contribution in [0.1, 0.15) is 72.2 Å². The summed E-state index contributed by atoms with van der Waals surface area (Å²) in [6.45, 7) is 8.37. The van der Waals surface area contributed by atoms with E-state index in [1.807, 2.05) is 84.9 Å². The van der Waals surface area contributed by atoms with Gasteiger partial charge in [0.2, 0.25) is 5.28 Å². The normalized spacial score (nSPS) is 14.5. The predicted molar refractivity (Wildman–Crippen MR) is 497 cm³/mol. The SMILES string of the molecule is CC1(C)OB(c2ccc3c(c2)C2(c4ccccc4O3)c3ccccc3-c3ccccc32)OC1(C)C.Clc1nc(-c2ccccc2)nc(-c2ccc(-n3c4ccccc4c4ccccc43)cc2)n1.c1ccc(-c2nc(-c3ccc(-n4c5ccccc5c5ccccc54)cc3)nc(-c3ccc4c(c3)C3(c5ccccc5O4)c4ccccc4-c4ccccc43)n2)cc1. The first-order valence-electron chi connectivity index (χ1n) is 41.9. The van der Waals surface area contributed by atoms with Gasteiger partial charge in [-0.15, -0.1) is 0 Å². The van der Waals surface area contributed by atoms with E-state index in [-0.39, 0.29) is 5.28 Å². The lowest BCUT2D eigenvalue weighted by Crippen LogP contribution is -2.41. The summed E-state index contributed by atoms with van der Waals surface area (Å²) in [4.78, 5) is 28.8. The van der Waals surface area contributed by atoms with Crippen molar-refractivity contribution in [1.82, 2.24) is 39.0 Å². The van der Waals surface area contributed by atoms with Gasteiger partial charge in [0.1, 0.15) is 23.0 Å². The first kappa shape index (κ1) is 74.1. The second-order valence-electron chi connectivity index (χ2n) is 33.1. The van der Waals surface area contributed by atoms with Crippen molar-refractivity contribution in [2.24, 2.45) is 0 Å². The van der Waals surface area contributed by atoms with Crippen molar-refractivity contribution in [3.8, 4) is 114 Å². The Balaban J connectivity index is 0.000000114. The van der Waals surface area contributed by atoms with Crippen molar-refractivity contribution >= 4 is 67.8 Å². The van der Waals surface area contributed by atoms with Crippen LogP contribution in [0, 0.1) is 0 Å². The van der Waals surface area contributed by atoms with Gasteiger partial charge in [-0.3, -0.25) is 0 Å². The zero-order chi connectivity index (χ0) is 83.0. The minimum absolute atomic E-state index is 0.181. The lowest BCUT2D eigenvalue weighted by atomic mass is 9.64. The third kappa shape index (κ3) is 11.7. The van der Waals surface area contributed by atoms with E-state index >= 15 is 0 Å². The first-order chi connectivity index (χ1) is 60.9. The van der Waals surface area contributed by atoms with E-state index in [1.54, 1.807) is 0 Å². The van der Waals surface area contributed by atoms with E-state index in [1.165, 1.54) is 88.1 Å². The lowest BCUT2D eigenvalue weighted by molar-refractivity contribution is 0.00578. The first-order valence-corrected chi connectivity index (χ1v) is 42.3. The molecular formula is C110H76BClN8O4. The van der Waals surface area contributed by atoms with E-state index in [0.717, 1.165) is 89.9 Å². The quantitative estimate of drug-likeness (QED) is 0.136. The molecule has 124 heavy (non-hydrogen) atoms. The molecule has 0 bridgehead atoms. The molecule has 4 aromatic heterocycles. The lowest BCUT2D eigenvalue weighted by Gasteiger charge is -2.39. The number of para-hydroxylation sites is 6. The fourth-order valence-corrected chi connectivity index (χ4v) is 19.6. The second kappa shape index (κ2) is 29.1. The molecule has 590 valence electrons. The Morgan fingerprint density at radius 3 is 0.919 bits per heavy atom. The molecular weight excluding hydrogens is 1540 g/mol. The molecule has 5 aliphatic rings. The number of nitrogens with zero attached hydrogens (tertiary/aromatic N) is 8. The van der Waals surface area contributed by atoms with Crippen molar-refractivity contribution < 1.29 is 18.8 Å². The fraction of sp³-hybridized carbons (Fsp3) is 0.0727. The fourth-order valence-electron chi connectivity index (χ4n) is 19.5. The molecule has 0 saturated carbocycles. The third-order valence-corrected chi connectivity index (χ3v) is 25.9. The van der Waals surface area contributed by atoms with E-state index in [2.05, 4.69) is 355 Å². The molecule has 2 aliphatic carbocycles. The molecule has 16 aromatic carbocycles. The Labute approximate surface area is 722 Å². The number of fused-ring (bicyclic) bond motifs is 24. The topological polar surface area (TPSA) is 124 Å². The van der Waals surface area contributed by atoms with Crippen LogP contribution in [0.5, 0.6) is 23.0 Å². The van der Waals surface area contributed by atoms with Crippen LogP contribution in [0.2, 0.25) is 5.28 Å². The summed E-state index contributed by atoms with van der Waals surface area (Å²) in [5.74, 6) is 6.40. The number of ether oxygens (including phenoxy) is 2. The van der Waals surface area contributed by atoms with Crippen LogP contribution in [0.15, 0.2) is 388 Å². The molecule has 25 rings (SSSR count). The Hall–Kier alpha value is -15.0. The van der Waals surface area contributed by atoms with Gasteiger partial charge >= 0.3 is 7.12 Å². The third-order valence-electron chi connectivity index (χ3n) is 25.7. The van der Waals surface area contributed by atoms with Gasteiger partial charge in [0.05, 0.1) is 44.1 Å². The van der Waals surface area contributed by atoms with Crippen molar-refractivity contribution in [1.29, 1.82) is 0 Å². The van der Waals surface area contributed by atoms with Gasteiger partial charge in [-0.1, -0.05) is 279 Å². The number of aromatic nitrogens is 8. The Kier molecular flexibility index (Phi) is 17.4. The molecule has 1 saturated heterocycles. The number of halogens is 1. The van der Waals surface area contributed by atoms with E-state index in [9.17, 15) is 0 Å². The van der Waals surface area contributed by atoms with Gasteiger partial charge < -0.3 is 27.9 Å². The number of hydrogen-bond donors (Lipinski definition) is 0. The minimum Gasteiger partial charge on any atom is -0.457 e. The number of hydrogen-bond acceptors (Lipinski definition) is 10. The average molecular weight is 1620 g/mol. The Morgan fingerprint density at radius 2 is 0.532 bits per heavy atom. The molecule has 0 amide bonds. The van der Waals surface area contributed by atoms with Gasteiger partial charge in [0.25, 0.3) is 0 Å². The highest BCUT2D eigenvalue weighted by molar-refractivity contribution is 6.62. The largest absolute Gasteiger partial charge is 0.494 e. The monoisotopic (exact) mass is 1620 g/mol. The summed E-state index contributed by atoms with van der Waals surface area (Å²) in [5.41, 5.74) is 25.0. The highest BCUT2D eigenvalue weighted by Gasteiger charge is 2.55. The standard InChI is InChI=1S/C52H32N4O.C31H27BO3.C27H17ClN4/c1-2-14-33(15-3-1)49-53-50(34-26-29-36(30-27-34)56-45-23-11-6-18-39(45)40-19-7-12-24-46(40)56)55-51(54-49)35-28-31-48-44(32-35)52(43-22-10-13-25-47(43)57-48)41-20-8-4-16-37(41)38-17-5-9-21-42(38)52;1-29(2)30(3,4)35-32(34-29)20-17-18-28-26(19-20)31(25-15-9-10-16-27(25)33-28)23-13-7-5-11-21(23)22-12-6-8-14-24(22)31;28-27-30-25(18-8-2-1-3-9-18)29-26(31-27)19-14-16-20(17-15-19)32-23-12-6-4-10-21(23)22-11-5-7-13-24(22)32/h1-32H;5-19H,1-4H3;1-17H. The summed E-state index contributed by atoms with van der Waals surface area (Å²) < 4.78 is 30.7. The van der Waals surface area contributed by atoms with Gasteiger partial charge in [-0.2, -0.15) is 9.97 Å². The maximum atomic E-state index is 6.71. The van der Waals surface area contributed by atoms with Crippen LogP contribution in [0.3, 0.4) is 0 Å². The molecule has 2 spiro atoms. The summed E-state index contributed by atoms with van der Waals surface area (Å²) >= 11 is 6.23. The predicted octanol–water partition coefficient (Wildman–Crippen LogP) is 25.8. The van der Waals surface area contributed by atoms with Crippen molar-refractivity contribution in [2.75, 3.05) is 0 Å².